The molecule has 7 heteroatoms. The van der Waals surface area contributed by atoms with Gasteiger partial charge in [0.1, 0.15) is 16.6 Å². The molecule has 2 N–H and O–H groups in total. The predicted octanol–water partition coefficient (Wildman–Crippen LogP) is 3.88. The number of nitrogens with two attached hydrogens (primary N) is 1. The smallest absolute Gasteiger partial charge is 0.225 e. The first kappa shape index (κ1) is 13.3. The Morgan fingerprint density at radius 2 is 2.06 bits per heavy atom. The highest BCUT2D eigenvalue weighted by Gasteiger charge is 2.09. The number of benzene rings is 1. The fraction of sp³-hybridized carbons (Fsp3) is 0.0909. The first-order valence-electron chi connectivity index (χ1n) is 4.90. The molecule has 0 unspecified atom stereocenters. The normalized spacial score (nSPS) is 10.4. The van der Waals surface area contributed by atoms with Crippen molar-refractivity contribution in [3.63, 3.8) is 0 Å². The number of halogens is 2. The molecule has 0 radical (unpaired) electrons. The lowest BCUT2D eigenvalue weighted by molar-refractivity contribution is 0.456. The summed E-state index contributed by atoms with van der Waals surface area (Å²) in [6, 6.07) is 6.64. The minimum absolute atomic E-state index is 0.330. The molecule has 0 amide bonds. The molecule has 0 fully saturated rings. The van der Waals surface area contributed by atoms with Crippen molar-refractivity contribution in [2.75, 3.05) is 12.0 Å². The Hall–Kier alpha value is -1.17. The minimum Gasteiger partial charge on any atom is -0.437 e. The maximum Gasteiger partial charge on any atom is 0.225 e. The largest absolute Gasteiger partial charge is 0.437 e. The SMILES string of the molecule is CSc1nc(N)cc(Oc2cccc(Cl)c2Cl)n1. The van der Waals surface area contributed by atoms with Crippen LogP contribution in [-0.2, 0) is 0 Å². The second-order valence-corrected chi connectivity index (χ2v) is 4.83. The number of nitrogen functional groups attached to an aromatic ring is 1. The van der Waals surface area contributed by atoms with E-state index in [0.29, 0.717) is 32.6 Å². The second kappa shape index (κ2) is 5.65. The van der Waals surface area contributed by atoms with Crippen LogP contribution >= 0.6 is 35.0 Å². The van der Waals surface area contributed by atoms with Crippen LogP contribution in [0.3, 0.4) is 0 Å². The van der Waals surface area contributed by atoms with E-state index in [1.165, 1.54) is 17.8 Å². The molecule has 0 aliphatic heterocycles. The van der Waals surface area contributed by atoms with Gasteiger partial charge in [0, 0.05) is 6.07 Å². The van der Waals surface area contributed by atoms with E-state index >= 15 is 0 Å². The molecule has 0 bridgehead atoms. The van der Waals surface area contributed by atoms with Crippen molar-refractivity contribution >= 4 is 40.8 Å². The molecule has 0 saturated carbocycles. The van der Waals surface area contributed by atoms with Gasteiger partial charge in [0.05, 0.1) is 5.02 Å². The van der Waals surface area contributed by atoms with Crippen molar-refractivity contribution in [3.05, 3.63) is 34.3 Å². The molecule has 1 heterocycles. The minimum atomic E-state index is 0.330. The first-order chi connectivity index (χ1) is 8.60. The fourth-order valence-electron chi connectivity index (χ4n) is 1.24. The molecule has 2 aromatic rings. The van der Waals surface area contributed by atoms with Crippen LogP contribution in [0.2, 0.25) is 10.0 Å². The van der Waals surface area contributed by atoms with Crippen LogP contribution in [0.1, 0.15) is 0 Å². The molecule has 0 atom stereocenters. The molecule has 0 saturated heterocycles. The van der Waals surface area contributed by atoms with E-state index in [1.54, 1.807) is 18.2 Å². The average Bonchev–Trinajstić information content (AvgIpc) is 2.34. The maximum atomic E-state index is 6.02. The Bertz CT molecular complexity index is 580. The third kappa shape index (κ3) is 2.98. The van der Waals surface area contributed by atoms with Crippen LogP contribution in [-0.4, -0.2) is 16.2 Å². The van der Waals surface area contributed by atoms with E-state index in [4.69, 9.17) is 33.7 Å². The summed E-state index contributed by atoms with van der Waals surface area (Å²) in [6.45, 7) is 0. The van der Waals surface area contributed by atoms with Gasteiger partial charge < -0.3 is 10.5 Å². The summed E-state index contributed by atoms with van der Waals surface area (Å²) in [5.41, 5.74) is 5.65. The van der Waals surface area contributed by atoms with Gasteiger partial charge in [0.15, 0.2) is 5.16 Å². The highest BCUT2D eigenvalue weighted by Crippen LogP contribution is 2.34. The molecule has 0 aliphatic rings. The fourth-order valence-corrected chi connectivity index (χ4v) is 1.95. The lowest BCUT2D eigenvalue weighted by atomic mass is 10.3. The third-order valence-electron chi connectivity index (χ3n) is 2.02. The van der Waals surface area contributed by atoms with Crippen LogP contribution in [0.15, 0.2) is 29.4 Å². The van der Waals surface area contributed by atoms with E-state index in [2.05, 4.69) is 9.97 Å². The summed E-state index contributed by atoms with van der Waals surface area (Å²) >= 11 is 13.3. The molecule has 0 aliphatic carbocycles. The van der Waals surface area contributed by atoms with Gasteiger partial charge in [-0.2, -0.15) is 4.98 Å². The number of aromatic nitrogens is 2. The van der Waals surface area contributed by atoms with Gasteiger partial charge in [-0.25, -0.2) is 4.98 Å². The van der Waals surface area contributed by atoms with Crippen molar-refractivity contribution in [1.29, 1.82) is 0 Å². The Balaban J connectivity index is 2.34. The number of hydrogen-bond donors (Lipinski definition) is 1. The summed E-state index contributed by atoms with van der Waals surface area (Å²) in [4.78, 5) is 8.19. The lowest BCUT2D eigenvalue weighted by Crippen LogP contribution is -1.97. The standard InChI is InChI=1S/C11H9Cl2N3OS/c1-18-11-15-8(14)5-9(16-11)17-7-4-2-3-6(12)10(7)13/h2-5H,1H3,(H2,14,15,16). The van der Waals surface area contributed by atoms with Crippen molar-refractivity contribution in [1.82, 2.24) is 9.97 Å². The van der Waals surface area contributed by atoms with Gasteiger partial charge in [-0.05, 0) is 18.4 Å². The van der Waals surface area contributed by atoms with E-state index in [-0.39, 0.29) is 0 Å². The zero-order chi connectivity index (χ0) is 13.1. The average molecular weight is 302 g/mol. The second-order valence-electron chi connectivity index (χ2n) is 3.27. The van der Waals surface area contributed by atoms with Crippen LogP contribution in [0.5, 0.6) is 11.6 Å². The van der Waals surface area contributed by atoms with Crippen LogP contribution in [0.25, 0.3) is 0 Å². The van der Waals surface area contributed by atoms with E-state index < -0.39 is 0 Å². The summed E-state index contributed by atoms with van der Waals surface area (Å²) < 4.78 is 5.55. The highest BCUT2D eigenvalue weighted by molar-refractivity contribution is 7.98. The van der Waals surface area contributed by atoms with Crippen molar-refractivity contribution in [3.8, 4) is 11.6 Å². The number of nitrogens with zero attached hydrogens (tertiary/aromatic N) is 2. The van der Waals surface area contributed by atoms with E-state index in [9.17, 15) is 0 Å². The Morgan fingerprint density at radius 1 is 1.28 bits per heavy atom. The number of rotatable bonds is 3. The van der Waals surface area contributed by atoms with Crippen LogP contribution < -0.4 is 10.5 Å². The zero-order valence-electron chi connectivity index (χ0n) is 9.35. The van der Waals surface area contributed by atoms with E-state index in [1.807, 2.05) is 6.26 Å². The van der Waals surface area contributed by atoms with Gasteiger partial charge in [0.25, 0.3) is 0 Å². The predicted molar refractivity (Wildman–Crippen MR) is 74.8 cm³/mol. The molecular weight excluding hydrogens is 293 g/mol. The molecule has 18 heavy (non-hydrogen) atoms. The summed E-state index contributed by atoms with van der Waals surface area (Å²) in [6.07, 6.45) is 1.85. The van der Waals surface area contributed by atoms with Gasteiger partial charge in [0.2, 0.25) is 5.88 Å². The summed E-state index contributed by atoms with van der Waals surface area (Å²) in [5.74, 6) is 1.09. The quantitative estimate of drug-likeness (QED) is 0.688. The maximum absolute atomic E-state index is 6.02. The van der Waals surface area contributed by atoms with Crippen molar-refractivity contribution < 1.29 is 4.74 Å². The number of hydrogen-bond acceptors (Lipinski definition) is 5. The van der Waals surface area contributed by atoms with Crippen molar-refractivity contribution in [2.45, 2.75) is 5.16 Å². The monoisotopic (exact) mass is 301 g/mol. The molecule has 2 rings (SSSR count). The molecule has 0 spiro atoms. The molecule has 1 aromatic carbocycles. The van der Waals surface area contributed by atoms with E-state index in [0.717, 1.165) is 0 Å². The Morgan fingerprint density at radius 3 is 2.78 bits per heavy atom. The summed E-state index contributed by atoms with van der Waals surface area (Å²) in [7, 11) is 0. The lowest BCUT2D eigenvalue weighted by Gasteiger charge is -2.08. The summed E-state index contributed by atoms with van der Waals surface area (Å²) in [5, 5.41) is 1.28. The third-order valence-corrected chi connectivity index (χ3v) is 3.36. The topological polar surface area (TPSA) is 61.0 Å². The van der Waals surface area contributed by atoms with Gasteiger partial charge in [-0.3, -0.25) is 0 Å². The number of anilines is 1. The molecule has 4 nitrogen and oxygen atoms in total. The van der Waals surface area contributed by atoms with Gasteiger partial charge in [-0.15, -0.1) is 0 Å². The number of thioether (sulfide) groups is 1. The highest BCUT2D eigenvalue weighted by atomic mass is 35.5. The number of ether oxygens (including phenoxy) is 1. The molecule has 94 valence electrons. The van der Waals surface area contributed by atoms with Crippen molar-refractivity contribution in [2.24, 2.45) is 0 Å². The Kier molecular flexibility index (Phi) is 4.16. The Labute approximate surface area is 118 Å². The molecular formula is C11H9Cl2N3OS. The molecule has 1 aromatic heterocycles. The van der Waals surface area contributed by atoms with Crippen LogP contribution in [0.4, 0.5) is 5.82 Å². The zero-order valence-corrected chi connectivity index (χ0v) is 11.7. The van der Waals surface area contributed by atoms with Gasteiger partial charge >= 0.3 is 0 Å². The van der Waals surface area contributed by atoms with Crippen LogP contribution in [0, 0.1) is 0 Å². The van der Waals surface area contributed by atoms with Gasteiger partial charge in [-0.1, -0.05) is 41.0 Å². The first-order valence-corrected chi connectivity index (χ1v) is 6.88.